The second-order valence-corrected chi connectivity index (χ2v) is 3.95. The molecule has 0 bridgehead atoms. The SMILES string of the molecule is NCC(O)C(Cc1ccncn1)c1ccncn1. The number of hydrogen-bond acceptors (Lipinski definition) is 6. The van der Waals surface area contributed by atoms with Crippen molar-refractivity contribution in [3.05, 3.63) is 48.6 Å². The smallest absolute Gasteiger partial charge is 0.115 e. The summed E-state index contributed by atoms with van der Waals surface area (Å²) >= 11 is 0. The maximum absolute atomic E-state index is 10.0. The first-order chi connectivity index (χ1) is 8.81. The fourth-order valence-corrected chi connectivity index (χ4v) is 1.79. The Balaban J connectivity index is 2.21. The number of aromatic nitrogens is 4. The number of aliphatic hydroxyl groups excluding tert-OH is 1. The Morgan fingerprint density at radius 2 is 1.83 bits per heavy atom. The molecule has 0 aliphatic heterocycles. The van der Waals surface area contributed by atoms with E-state index < -0.39 is 6.10 Å². The van der Waals surface area contributed by atoms with Crippen LogP contribution in [0.4, 0.5) is 0 Å². The van der Waals surface area contributed by atoms with E-state index in [9.17, 15) is 5.11 Å². The summed E-state index contributed by atoms with van der Waals surface area (Å²) in [6.45, 7) is 0.180. The van der Waals surface area contributed by atoms with Crippen LogP contribution in [0.15, 0.2) is 37.2 Å². The first kappa shape index (κ1) is 12.5. The fraction of sp³-hybridized carbons (Fsp3) is 0.333. The maximum atomic E-state index is 10.0. The molecule has 2 unspecified atom stereocenters. The molecule has 18 heavy (non-hydrogen) atoms. The largest absolute Gasteiger partial charge is 0.391 e. The van der Waals surface area contributed by atoms with Gasteiger partial charge in [0.2, 0.25) is 0 Å². The van der Waals surface area contributed by atoms with E-state index in [-0.39, 0.29) is 12.5 Å². The van der Waals surface area contributed by atoms with Crippen molar-refractivity contribution in [3.63, 3.8) is 0 Å². The number of nitrogens with zero attached hydrogens (tertiary/aromatic N) is 4. The molecule has 0 spiro atoms. The summed E-state index contributed by atoms with van der Waals surface area (Å²) in [5.74, 6) is -0.187. The van der Waals surface area contributed by atoms with Gasteiger partial charge in [-0.3, -0.25) is 0 Å². The number of nitrogens with two attached hydrogens (primary N) is 1. The lowest BCUT2D eigenvalue weighted by Crippen LogP contribution is -2.29. The zero-order chi connectivity index (χ0) is 12.8. The Hall–Kier alpha value is -1.92. The van der Waals surface area contributed by atoms with Crippen LogP contribution in [0, 0.1) is 0 Å². The Labute approximate surface area is 105 Å². The van der Waals surface area contributed by atoms with E-state index >= 15 is 0 Å². The van der Waals surface area contributed by atoms with Crippen molar-refractivity contribution in [1.29, 1.82) is 0 Å². The molecule has 0 radical (unpaired) electrons. The van der Waals surface area contributed by atoms with Crippen molar-refractivity contribution < 1.29 is 5.11 Å². The topological polar surface area (TPSA) is 97.8 Å². The number of hydrogen-bond donors (Lipinski definition) is 2. The van der Waals surface area contributed by atoms with Crippen LogP contribution in [-0.2, 0) is 6.42 Å². The fourth-order valence-electron chi connectivity index (χ4n) is 1.79. The standard InChI is InChI=1S/C12H15N5O/c13-6-12(18)10(11-2-4-15-8-17-11)5-9-1-3-14-7-16-9/h1-4,7-8,10,12,18H,5-6,13H2. The summed E-state index contributed by atoms with van der Waals surface area (Å²) in [5.41, 5.74) is 7.15. The molecule has 2 atom stereocenters. The molecule has 6 nitrogen and oxygen atoms in total. The average molecular weight is 245 g/mol. The van der Waals surface area contributed by atoms with Crippen LogP contribution < -0.4 is 5.73 Å². The molecule has 0 aliphatic rings. The molecule has 0 amide bonds. The van der Waals surface area contributed by atoms with Gasteiger partial charge in [0.1, 0.15) is 12.7 Å². The monoisotopic (exact) mass is 245 g/mol. The zero-order valence-corrected chi connectivity index (χ0v) is 9.85. The Morgan fingerprint density at radius 1 is 1.11 bits per heavy atom. The van der Waals surface area contributed by atoms with E-state index in [2.05, 4.69) is 19.9 Å². The second kappa shape index (κ2) is 6.13. The molecule has 2 aromatic rings. The van der Waals surface area contributed by atoms with Gasteiger partial charge in [0.25, 0.3) is 0 Å². The lowest BCUT2D eigenvalue weighted by molar-refractivity contribution is 0.148. The third-order valence-electron chi connectivity index (χ3n) is 2.76. The summed E-state index contributed by atoms with van der Waals surface area (Å²) in [4.78, 5) is 16.1. The Kier molecular flexibility index (Phi) is 4.27. The highest BCUT2D eigenvalue weighted by atomic mass is 16.3. The van der Waals surface area contributed by atoms with E-state index in [4.69, 9.17) is 5.73 Å². The Morgan fingerprint density at radius 3 is 2.39 bits per heavy atom. The minimum absolute atomic E-state index is 0.180. The molecule has 2 heterocycles. The summed E-state index contributed by atoms with van der Waals surface area (Å²) in [6, 6.07) is 3.60. The minimum atomic E-state index is -0.658. The predicted octanol–water partition coefficient (Wildman–Crippen LogP) is -0.0875. The van der Waals surface area contributed by atoms with Gasteiger partial charge in [0.05, 0.1) is 6.10 Å². The van der Waals surface area contributed by atoms with Crippen molar-refractivity contribution in [1.82, 2.24) is 19.9 Å². The average Bonchev–Trinajstić information content (AvgIpc) is 2.46. The van der Waals surface area contributed by atoms with Gasteiger partial charge < -0.3 is 10.8 Å². The Bertz CT molecular complexity index is 464. The molecule has 6 heteroatoms. The predicted molar refractivity (Wildman–Crippen MR) is 65.6 cm³/mol. The molecule has 2 aromatic heterocycles. The molecular weight excluding hydrogens is 230 g/mol. The van der Waals surface area contributed by atoms with Crippen LogP contribution in [0.3, 0.4) is 0 Å². The highest BCUT2D eigenvalue weighted by Gasteiger charge is 2.22. The van der Waals surface area contributed by atoms with Gasteiger partial charge in [-0.1, -0.05) is 0 Å². The van der Waals surface area contributed by atoms with E-state index in [0.29, 0.717) is 6.42 Å². The highest BCUT2D eigenvalue weighted by Crippen LogP contribution is 2.21. The summed E-state index contributed by atoms with van der Waals surface area (Å²) in [7, 11) is 0. The summed E-state index contributed by atoms with van der Waals surface area (Å²) in [6.07, 6.45) is 6.19. The van der Waals surface area contributed by atoms with Crippen LogP contribution in [0.1, 0.15) is 17.3 Å². The van der Waals surface area contributed by atoms with Crippen LogP contribution >= 0.6 is 0 Å². The first-order valence-corrected chi connectivity index (χ1v) is 5.70. The summed E-state index contributed by atoms with van der Waals surface area (Å²) < 4.78 is 0. The lowest BCUT2D eigenvalue weighted by atomic mass is 9.93. The van der Waals surface area contributed by atoms with Gasteiger partial charge in [-0.2, -0.15) is 0 Å². The van der Waals surface area contributed by atoms with Gasteiger partial charge in [-0.25, -0.2) is 19.9 Å². The third-order valence-corrected chi connectivity index (χ3v) is 2.76. The van der Waals surface area contributed by atoms with Crippen molar-refractivity contribution in [2.24, 2.45) is 5.73 Å². The lowest BCUT2D eigenvalue weighted by Gasteiger charge is -2.20. The van der Waals surface area contributed by atoms with E-state index in [0.717, 1.165) is 11.4 Å². The van der Waals surface area contributed by atoms with Gasteiger partial charge in [-0.05, 0) is 12.1 Å². The van der Waals surface area contributed by atoms with Crippen molar-refractivity contribution in [2.45, 2.75) is 18.4 Å². The van der Waals surface area contributed by atoms with Gasteiger partial charge in [0, 0.05) is 42.7 Å². The normalized spacial score (nSPS) is 14.1. The van der Waals surface area contributed by atoms with Crippen molar-refractivity contribution in [3.8, 4) is 0 Å². The van der Waals surface area contributed by atoms with E-state index in [1.807, 2.05) is 6.07 Å². The molecule has 2 rings (SSSR count). The summed E-state index contributed by atoms with van der Waals surface area (Å²) in [5, 5.41) is 10.0. The van der Waals surface area contributed by atoms with Crippen molar-refractivity contribution >= 4 is 0 Å². The molecule has 0 saturated heterocycles. The van der Waals surface area contributed by atoms with Gasteiger partial charge >= 0.3 is 0 Å². The van der Waals surface area contributed by atoms with Crippen LogP contribution in [0.2, 0.25) is 0 Å². The zero-order valence-electron chi connectivity index (χ0n) is 9.85. The molecule has 3 N–H and O–H groups in total. The van der Waals surface area contributed by atoms with Crippen LogP contribution in [0.5, 0.6) is 0 Å². The van der Waals surface area contributed by atoms with E-state index in [1.165, 1.54) is 12.7 Å². The minimum Gasteiger partial charge on any atom is -0.391 e. The van der Waals surface area contributed by atoms with Crippen LogP contribution in [0.25, 0.3) is 0 Å². The van der Waals surface area contributed by atoms with Gasteiger partial charge in [0.15, 0.2) is 0 Å². The molecule has 0 fully saturated rings. The molecule has 94 valence electrons. The van der Waals surface area contributed by atoms with Crippen LogP contribution in [-0.4, -0.2) is 37.7 Å². The van der Waals surface area contributed by atoms with Gasteiger partial charge in [-0.15, -0.1) is 0 Å². The molecule has 0 aliphatic carbocycles. The molecule has 0 aromatic carbocycles. The first-order valence-electron chi connectivity index (χ1n) is 5.70. The molecular formula is C12H15N5O. The highest BCUT2D eigenvalue weighted by molar-refractivity contribution is 5.13. The van der Waals surface area contributed by atoms with Crippen molar-refractivity contribution in [2.75, 3.05) is 6.54 Å². The maximum Gasteiger partial charge on any atom is 0.115 e. The second-order valence-electron chi connectivity index (χ2n) is 3.95. The quantitative estimate of drug-likeness (QED) is 0.764. The number of aliphatic hydroxyl groups is 1. The molecule has 0 saturated carbocycles. The number of rotatable bonds is 5. The van der Waals surface area contributed by atoms with E-state index in [1.54, 1.807) is 18.5 Å². The third kappa shape index (κ3) is 3.06.